The zero-order chi connectivity index (χ0) is 16.9. The van der Waals surface area contributed by atoms with Crippen LogP contribution in [0.5, 0.6) is 0 Å². The van der Waals surface area contributed by atoms with E-state index in [1.54, 1.807) is 6.07 Å². The summed E-state index contributed by atoms with van der Waals surface area (Å²) >= 11 is 5.77. The van der Waals surface area contributed by atoms with Crippen molar-refractivity contribution in [1.82, 2.24) is 0 Å². The molecule has 0 heterocycles. The Balaban J connectivity index is 1.82. The van der Waals surface area contributed by atoms with Gasteiger partial charge in [0.1, 0.15) is 5.82 Å². The van der Waals surface area contributed by atoms with Crippen LogP contribution in [0.4, 0.5) is 4.39 Å². The van der Waals surface area contributed by atoms with Gasteiger partial charge < -0.3 is 0 Å². The molecule has 0 aromatic heterocycles. The summed E-state index contributed by atoms with van der Waals surface area (Å²) in [5.41, 5.74) is 3.25. The van der Waals surface area contributed by atoms with E-state index >= 15 is 0 Å². The van der Waals surface area contributed by atoms with E-state index in [0.717, 1.165) is 17.5 Å². The third kappa shape index (κ3) is 3.96. The lowest BCUT2D eigenvalue weighted by atomic mass is 9.98. The molecule has 0 amide bonds. The Morgan fingerprint density at radius 2 is 1.50 bits per heavy atom. The highest BCUT2D eigenvalue weighted by Crippen LogP contribution is 2.28. The molecule has 3 rings (SSSR count). The Labute approximate surface area is 148 Å². The minimum Gasteiger partial charge on any atom is -0.205 e. The van der Waals surface area contributed by atoms with E-state index in [4.69, 9.17) is 11.6 Å². The normalized spacial score (nSPS) is 11.1. The van der Waals surface area contributed by atoms with Crippen LogP contribution < -0.4 is 0 Å². The van der Waals surface area contributed by atoms with Gasteiger partial charge in [0.2, 0.25) is 0 Å². The van der Waals surface area contributed by atoms with Gasteiger partial charge in [-0.3, -0.25) is 0 Å². The Kier molecular flexibility index (Phi) is 5.52. The van der Waals surface area contributed by atoms with Crippen LogP contribution >= 0.6 is 11.6 Å². The number of fused-ring (bicyclic) bond motifs is 1. The van der Waals surface area contributed by atoms with Gasteiger partial charge in [-0.25, -0.2) is 4.39 Å². The molecule has 3 aromatic carbocycles. The average Bonchev–Trinajstić information content (AvgIpc) is 2.60. The molecule has 0 aliphatic rings. The highest BCUT2D eigenvalue weighted by atomic mass is 35.5. The third-order valence-corrected chi connectivity index (χ3v) is 4.78. The second-order valence-corrected chi connectivity index (χ2v) is 6.74. The van der Waals surface area contributed by atoms with Crippen LogP contribution in [0.15, 0.2) is 54.6 Å². The summed E-state index contributed by atoms with van der Waals surface area (Å²) in [6.07, 6.45) is 6.28. The van der Waals surface area contributed by atoms with Crippen molar-refractivity contribution in [3.63, 3.8) is 0 Å². The third-order valence-electron chi connectivity index (χ3n) is 4.48. The lowest BCUT2D eigenvalue weighted by Crippen LogP contribution is -1.87. The first-order chi connectivity index (χ1) is 11.7. The van der Waals surface area contributed by atoms with Gasteiger partial charge in [-0.05, 0) is 58.5 Å². The predicted octanol–water partition coefficient (Wildman–Crippen LogP) is 7.42. The minimum atomic E-state index is -0.378. The Bertz CT molecular complexity index is 838. The first kappa shape index (κ1) is 17.0. The molecule has 24 heavy (non-hydrogen) atoms. The van der Waals surface area contributed by atoms with Crippen molar-refractivity contribution in [2.75, 3.05) is 0 Å². The van der Waals surface area contributed by atoms with Crippen LogP contribution in [0, 0.1) is 5.82 Å². The zero-order valence-corrected chi connectivity index (χ0v) is 14.7. The molecule has 0 bridgehead atoms. The fourth-order valence-corrected chi connectivity index (χ4v) is 3.18. The standard InChI is InChI=1S/C22H22ClF/c1-2-3-4-5-6-16-7-8-18-14-19(10-9-17(18)13-16)20-11-12-21(23)22(24)15-20/h7-15H,2-6H2,1H3. The maximum Gasteiger partial charge on any atom is 0.142 e. The van der Waals surface area contributed by atoms with Gasteiger partial charge in [-0.15, -0.1) is 0 Å². The molecule has 0 unspecified atom stereocenters. The van der Waals surface area contributed by atoms with Crippen molar-refractivity contribution in [3.05, 3.63) is 71.0 Å². The number of hydrogen-bond donors (Lipinski definition) is 0. The SMILES string of the molecule is CCCCCCc1ccc2cc(-c3ccc(Cl)c(F)c3)ccc2c1. The fourth-order valence-electron chi connectivity index (χ4n) is 3.06. The van der Waals surface area contributed by atoms with Gasteiger partial charge in [-0.1, -0.05) is 74.2 Å². The summed E-state index contributed by atoms with van der Waals surface area (Å²) in [6, 6.07) is 17.9. The van der Waals surface area contributed by atoms with Crippen LogP contribution in [0.2, 0.25) is 5.02 Å². The van der Waals surface area contributed by atoms with Crippen molar-refractivity contribution in [2.45, 2.75) is 39.0 Å². The molecule has 0 spiro atoms. The van der Waals surface area contributed by atoms with Gasteiger partial charge in [0.25, 0.3) is 0 Å². The summed E-state index contributed by atoms with van der Waals surface area (Å²) in [5, 5.41) is 2.58. The fraction of sp³-hybridized carbons (Fsp3) is 0.273. The molecule has 0 aliphatic heterocycles. The van der Waals surface area contributed by atoms with Gasteiger partial charge in [-0.2, -0.15) is 0 Å². The minimum absolute atomic E-state index is 0.159. The monoisotopic (exact) mass is 340 g/mol. The van der Waals surface area contributed by atoms with Crippen LogP contribution in [-0.4, -0.2) is 0 Å². The van der Waals surface area contributed by atoms with E-state index < -0.39 is 0 Å². The second-order valence-electron chi connectivity index (χ2n) is 6.34. The Morgan fingerprint density at radius 1 is 0.792 bits per heavy atom. The molecule has 0 saturated heterocycles. The first-order valence-electron chi connectivity index (χ1n) is 8.65. The van der Waals surface area contributed by atoms with E-state index in [2.05, 4.69) is 37.3 Å². The summed E-state index contributed by atoms with van der Waals surface area (Å²) in [7, 11) is 0. The molecule has 0 saturated carbocycles. The van der Waals surface area contributed by atoms with E-state index in [9.17, 15) is 4.39 Å². The smallest absolute Gasteiger partial charge is 0.142 e. The number of benzene rings is 3. The number of halogens is 2. The van der Waals surface area contributed by atoms with Crippen molar-refractivity contribution in [2.24, 2.45) is 0 Å². The summed E-state index contributed by atoms with van der Waals surface area (Å²) in [4.78, 5) is 0. The molecular weight excluding hydrogens is 319 g/mol. The molecule has 0 nitrogen and oxygen atoms in total. The maximum absolute atomic E-state index is 13.7. The molecule has 0 fully saturated rings. The highest BCUT2D eigenvalue weighted by Gasteiger charge is 2.05. The van der Waals surface area contributed by atoms with Crippen LogP contribution in [0.25, 0.3) is 21.9 Å². The number of hydrogen-bond acceptors (Lipinski definition) is 0. The molecular formula is C22H22ClF. The topological polar surface area (TPSA) is 0 Å². The number of aryl methyl sites for hydroxylation is 1. The first-order valence-corrected chi connectivity index (χ1v) is 9.03. The number of unbranched alkanes of at least 4 members (excludes halogenated alkanes) is 3. The van der Waals surface area contributed by atoms with E-state index in [1.807, 2.05) is 12.1 Å². The lowest BCUT2D eigenvalue weighted by molar-refractivity contribution is 0.629. The van der Waals surface area contributed by atoms with Gasteiger partial charge >= 0.3 is 0 Å². The highest BCUT2D eigenvalue weighted by molar-refractivity contribution is 6.30. The second kappa shape index (κ2) is 7.81. The largest absolute Gasteiger partial charge is 0.205 e. The summed E-state index contributed by atoms with van der Waals surface area (Å²) in [5.74, 6) is -0.378. The van der Waals surface area contributed by atoms with Gasteiger partial charge in [0, 0.05) is 0 Å². The van der Waals surface area contributed by atoms with Gasteiger partial charge in [0.05, 0.1) is 5.02 Å². The van der Waals surface area contributed by atoms with Crippen LogP contribution in [0.1, 0.15) is 38.2 Å². The average molecular weight is 341 g/mol. The quantitative estimate of drug-likeness (QED) is 0.409. The molecule has 124 valence electrons. The van der Waals surface area contributed by atoms with Crippen LogP contribution in [0.3, 0.4) is 0 Å². The van der Waals surface area contributed by atoms with E-state index in [1.165, 1.54) is 48.1 Å². The Hall–Kier alpha value is -1.86. The Morgan fingerprint density at radius 3 is 2.29 bits per heavy atom. The van der Waals surface area contributed by atoms with Crippen molar-refractivity contribution in [3.8, 4) is 11.1 Å². The van der Waals surface area contributed by atoms with Crippen molar-refractivity contribution < 1.29 is 4.39 Å². The molecule has 0 N–H and O–H groups in total. The zero-order valence-electron chi connectivity index (χ0n) is 14.0. The maximum atomic E-state index is 13.7. The predicted molar refractivity (Wildman–Crippen MR) is 102 cm³/mol. The van der Waals surface area contributed by atoms with E-state index in [-0.39, 0.29) is 10.8 Å². The molecule has 0 atom stereocenters. The lowest BCUT2D eigenvalue weighted by Gasteiger charge is -2.07. The number of rotatable bonds is 6. The van der Waals surface area contributed by atoms with Crippen molar-refractivity contribution >= 4 is 22.4 Å². The molecule has 0 radical (unpaired) electrons. The summed E-state index contributed by atoms with van der Waals surface area (Å²) < 4.78 is 13.7. The molecule has 3 aromatic rings. The molecule has 2 heteroatoms. The van der Waals surface area contributed by atoms with Gasteiger partial charge in [0.15, 0.2) is 0 Å². The van der Waals surface area contributed by atoms with Crippen LogP contribution in [-0.2, 0) is 6.42 Å². The van der Waals surface area contributed by atoms with Crippen molar-refractivity contribution in [1.29, 1.82) is 0 Å². The molecule has 0 aliphatic carbocycles. The summed E-state index contributed by atoms with van der Waals surface area (Å²) in [6.45, 7) is 2.24. The van der Waals surface area contributed by atoms with E-state index in [0.29, 0.717) is 0 Å².